The van der Waals surface area contributed by atoms with Crippen LogP contribution in [-0.2, 0) is 26.4 Å². The molecule has 2 aromatic carbocycles. The van der Waals surface area contributed by atoms with Gasteiger partial charge in [-0.2, -0.15) is 0 Å². The molecule has 1 fully saturated rings. The molecule has 165 valence electrons. The van der Waals surface area contributed by atoms with Crippen LogP contribution < -0.4 is 10.6 Å². The minimum atomic E-state index is -10.7. The Morgan fingerprint density at radius 3 is 0.933 bits per heavy atom. The molecule has 0 unspecified atom stereocenters. The van der Waals surface area contributed by atoms with Gasteiger partial charge >= 0.3 is 55.6 Å². The van der Waals surface area contributed by atoms with Crippen LogP contribution in [0.1, 0.15) is 0 Å². The molecule has 3 rings (SSSR count). The molecule has 2 aromatic rings. The molecule has 1 aliphatic rings. The largest absolute Gasteiger partial charge is 0.0622 e. The third kappa shape index (κ3) is 31.6. The van der Waals surface area contributed by atoms with Crippen molar-refractivity contribution < 1.29 is 51.6 Å². The Bertz CT molecular complexity index is 642. The first-order valence-corrected chi connectivity index (χ1v) is 10.4. The Kier molecular flexibility index (Phi) is 17.5. The quantitative estimate of drug-likeness (QED) is 0.144. The van der Waals surface area contributed by atoms with E-state index in [-0.39, 0.29) is 17.1 Å². The summed E-state index contributed by atoms with van der Waals surface area (Å²) in [6, 6.07) is 21.2. The van der Waals surface area contributed by atoms with E-state index in [1.54, 1.807) is 0 Å². The first kappa shape index (κ1) is 33.5. The van der Waals surface area contributed by atoms with Crippen molar-refractivity contribution >= 4 is 27.0 Å². The van der Waals surface area contributed by atoms with E-state index in [2.05, 4.69) is 74.0 Å². The Hall–Kier alpha value is -1.12. The van der Waals surface area contributed by atoms with Crippen molar-refractivity contribution in [3.63, 3.8) is 0 Å². The first-order valence-electron chi connectivity index (χ1n) is 7.41. The van der Waals surface area contributed by atoms with E-state index in [0.29, 0.717) is 0 Å². The molecule has 0 aliphatic heterocycles. The van der Waals surface area contributed by atoms with Crippen molar-refractivity contribution in [3.05, 3.63) is 106 Å². The van der Waals surface area contributed by atoms with Crippen LogP contribution in [0.5, 0.6) is 0 Å². The monoisotopic (exact) mass is 508 g/mol. The molecular formula is C19H16F6FeO2P2-. The molecule has 0 spiro atoms. The first-order chi connectivity index (χ1) is 13.4. The molecule has 1 saturated carbocycles. The fraction of sp³-hybridized carbons (Fsp3) is 0. The van der Waals surface area contributed by atoms with Crippen LogP contribution in [0.15, 0.2) is 60.7 Å². The number of rotatable bonds is 2. The summed E-state index contributed by atoms with van der Waals surface area (Å²) in [5.74, 6) is 0. The predicted molar refractivity (Wildman–Crippen MR) is 103 cm³/mol. The zero-order valence-corrected chi connectivity index (χ0v) is 18.0. The molecular weight excluding hydrogens is 492 g/mol. The van der Waals surface area contributed by atoms with Crippen molar-refractivity contribution in [1.82, 2.24) is 0 Å². The molecule has 0 aromatic heterocycles. The van der Waals surface area contributed by atoms with Gasteiger partial charge < -0.3 is 0 Å². The normalized spacial score (nSPS) is 13.8. The summed E-state index contributed by atoms with van der Waals surface area (Å²) < 4.78 is 74.2. The summed E-state index contributed by atoms with van der Waals surface area (Å²) in [4.78, 5) is 0. The maximum atomic E-state index is 9.87. The topological polar surface area (TPSA) is 39.8 Å². The second-order valence-electron chi connectivity index (χ2n) is 4.78. The van der Waals surface area contributed by atoms with Crippen molar-refractivity contribution in [2.75, 3.05) is 0 Å². The molecule has 0 saturated heterocycles. The van der Waals surface area contributed by atoms with Crippen LogP contribution in [0, 0.1) is 45.4 Å². The van der Waals surface area contributed by atoms with Crippen molar-refractivity contribution in [2.24, 2.45) is 0 Å². The van der Waals surface area contributed by atoms with Gasteiger partial charge in [0.1, 0.15) is 0 Å². The molecule has 11 heteroatoms. The maximum Gasteiger partial charge on any atom is 0 e. The van der Waals surface area contributed by atoms with E-state index in [0.717, 1.165) is 8.58 Å². The van der Waals surface area contributed by atoms with Gasteiger partial charge in [0, 0.05) is 17.1 Å². The molecule has 2 nitrogen and oxygen atoms in total. The van der Waals surface area contributed by atoms with E-state index in [1.807, 2.05) is 32.1 Å². The molecule has 0 bridgehead atoms. The van der Waals surface area contributed by atoms with Crippen LogP contribution in [0.3, 0.4) is 0 Å². The molecule has 0 amide bonds. The maximum absolute atomic E-state index is 10.7. The minimum absolute atomic E-state index is 0. The van der Waals surface area contributed by atoms with E-state index in [1.165, 1.54) is 10.6 Å². The average molecular weight is 508 g/mol. The Balaban J connectivity index is -0.000000366. The molecule has 5 radical (unpaired) electrons. The Morgan fingerprint density at radius 1 is 0.533 bits per heavy atom. The van der Waals surface area contributed by atoms with Gasteiger partial charge in [-0.25, -0.2) is 0 Å². The van der Waals surface area contributed by atoms with E-state index in [4.69, 9.17) is 9.30 Å². The predicted octanol–water partition coefficient (Wildman–Crippen LogP) is 6.64. The van der Waals surface area contributed by atoms with E-state index < -0.39 is 7.81 Å². The minimum Gasteiger partial charge on any atom is -0.0622 e. The van der Waals surface area contributed by atoms with Crippen LogP contribution in [-0.4, -0.2) is 0 Å². The second kappa shape index (κ2) is 15.6. The number of benzene rings is 2. The van der Waals surface area contributed by atoms with Crippen molar-refractivity contribution in [1.29, 1.82) is 0 Å². The zero-order chi connectivity index (χ0) is 22.9. The van der Waals surface area contributed by atoms with Crippen molar-refractivity contribution in [3.8, 4) is 0 Å². The van der Waals surface area contributed by atoms with Gasteiger partial charge in [-0.1, -0.05) is 69.2 Å². The zero-order valence-electron chi connectivity index (χ0n) is 15.0. The van der Waals surface area contributed by atoms with Crippen molar-refractivity contribution in [2.45, 2.75) is 0 Å². The molecule has 0 N–H and O–H groups in total. The van der Waals surface area contributed by atoms with Gasteiger partial charge in [0.05, 0.1) is 0 Å². The third-order valence-electron chi connectivity index (χ3n) is 2.39. The summed E-state index contributed by atoms with van der Waals surface area (Å²) in [7, 11) is -9.88. The van der Waals surface area contributed by atoms with Gasteiger partial charge in [-0.3, -0.25) is 0 Å². The Morgan fingerprint density at radius 2 is 0.733 bits per heavy atom. The number of hydrogen-bond acceptors (Lipinski definition) is 0. The Labute approximate surface area is 184 Å². The van der Waals surface area contributed by atoms with Gasteiger partial charge in [0.25, 0.3) is 0 Å². The van der Waals surface area contributed by atoms with Gasteiger partial charge in [0.15, 0.2) is 0 Å². The molecule has 30 heavy (non-hydrogen) atoms. The molecule has 0 atom stereocenters. The smallest absolute Gasteiger partial charge is 0 e. The van der Waals surface area contributed by atoms with Crippen LogP contribution in [0.4, 0.5) is 25.2 Å². The summed E-state index contributed by atoms with van der Waals surface area (Å²) in [5, 5.41) is 2.79. The molecule has 1 aliphatic carbocycles. The van der Waals surface area contributed by atoms with Gasteiger partial charge in [-0.05, 0) is 42.7 Å². The number of halogens is 6. The van der Waals surface area contributed by atoms with E-state index in [9.17, 15) is 25.2 Å². The molecule has 0 heterocycles. The van der Waals surface area contributed by atoms with Crippen LogP contribution >= 0.6 is 16.4 Å². The average Bonchev–Trinajstić information content (AvgIpc) is 3.24. The summed E-state index contributed by atoms with van der Waals surface area (Å²) >= 11 is 0. The SMILES string of the molecule is F[P-](F)(F)(F)(F)F.[C-]#[O+].[C-]#[O+].[CH]1[CH][CH][CH][CH]1.[Fe].c1ccc(Pc2ccccc2)cc1. The van der Waals surface area contributed by atoms with Gasteiger partial charge in [-0.15, -0.1) is 0 Å². The number of hydrogen-bond donors (Lipinski definition) is 0. The summed E-state index contributed by atoms with van der Waals surface area (Å²) in [6.45, 7) is 9.00. The summed E-state index contributed by atoms with van der Waals surface area (Å²) in [5.41, 5.74) is 0. The third-order valence-corrected chi connectivity index (χ3v) is 3.64. The van der Waals surface area contributed by atoms with Crippen LogP contribution in [0.2, 0.25) is 0 Å². The van der Waals surface area contributed by atoms with Gasteiger partial charge in [0.2, 0.25) is 0 Å². The van der Waals surface area contributed by atoms with Crippen LogP contribution in [0.25, 0.3) is 0 Å². The fourth-order valence-electron chi connectivity index (χ4n) is 1.53. The fourth-order valence-corrected chi connectivity index (χ4v) is 2.58. The van der Waals surface area contributed by atoms with E-state index >= 15 is 0 Å². The second-order valence-corrected chi connectivity index (χ2v) is 8.10. The summed E-state index contributed by atoms with van der Waals surface area (Å²) in [6.07, 6.45) is 10.0. The standard InChI is InChI=1S/C12H11P.C5H5.2CO.F6P.Fe/c1-3-7-11(8-4-1)13-12-9-5-2-6-10-12;1-2-4-5-3-1;2*1-2;1-7(2,3,4,5)6;/h1-10,13H;1-5H;;;;/q;;;;-1;.